The molecule has 13 heavy (non-hydrogen) atoms. The molecule has 77 valence electrons. The summed E-state index contributed by atoms with van der Waals surface area (Å²) < 4.78 is -3.06. The van der Waals surface area contributed by atoms with Gasteiger partial charge in [-0.05, 0) is 0 Å². The second-order valence-electron chi connectivity index (χ2n) is 2.45. The number of alkyl halides is 6. The minimum atomic E-state index is -1.53. The van der Waals surface area contributed by atoms with Crippen LogP contribution >= 0.6 is 69.6 Å². The van der Waals surface area contributed by atoms with Crippen molar-refractivity contribution < 1.29 is 4.79 Å². The number of carbonyl (C=O) groups excluding carboxylic acids is 1. The van der Waals surface area contributed by atoms with Crippen LogP contribution in [-0.4, -0.2) is 13.9 Å². The van der Waals surface area contributed by atoms with Crippen molar-refractivity contribution in [3.63, 3.8) is 0 Å². The van der Waals surface area contributed by atoms with E-state index >= 15 is 0 Å². The maximum absolute atomic E-state index is 10.4. The first-order valence-corrected chi connectivity index (χ1v) is 5.42. The lowest BCUT2D eigenvalue weighted by Crippen LogP contribution is -2.18. The molecule has 0 aliphatic carbocycles. The van der Waals surface area contributed by atoms with Gasteiger partial charge in [-0.2, -0.15) is 0 Å². The Morgan fingerprint density at radius 3 is 1.38 bits per heavy atom. The minimum Gasteiger partial charge on any atom is -0.291 e. The molecule has 0 aromatic carbocycles. The van der Waals surface area contributed by atoms with Crippen LogP contribution in [0.25, 0.3) is 0 Å². The molecule has 7 heteroatoms. The van der Waals surface area contributed by atoms with Gasteiger partial charge in [0.25, 0.3) is 0 Å². The highest BCUT2D eigenvalue weighted by molar-refractivity contribution is 6.68. The van der Waals surface area contributed by atoms with Gasteiger partial charge in [0.1, 0.15) is 0 Å². The Kier molecular flexibility index (Phi) is 6.08. The van der Waals surface area contributed by atoms with Gasteiger partial charge in [0.15, 0.2) is 7.59 Å². The monoisotopic (exact) mass is 303 g/mol. The molecular formula is C6H5Cl6O. The SMILES string of the molecule is O=[C]C(CC(Cl)(Cl)Cl)CC(Cl)(Cl)Cl. The molecule has 0 N–H and O–H groups in total. The molecule has 0 aromatic heterocycles. The first-order valence-electron chi connectivity index (χ1n) is 3.15. The summed E-state index contributed by atoms with van der Waals surface area (Å²) in [4.78, 5) is 10.4. The largest absolute Gasteiger partial charge is 0.291 e. The highest BCUT2D eigenvalue weighted by Crippen LogP contribution is 2.39. The summed E-state index contributed by atoms with van der Waals surface area (Å²) in [6.45, 7) is 0. The van der Waals surface area contributed by atoms with Crippen molar-refractivity contribution in [2.75, 3.05) is 0 Å². The molecule has 0 bridgehead atoms. The van der Waals surface area contributed by atoms with Gasteiger partial charge < -0.3 is 0 Å². The Bertz CT molecular complexity index is 153. The first-order chi connectivity index (χ1) is 5.64. The maximum atomic E-state index is 10.4. The van der Waals surface area contributed by atoms with E-state index in [0.29, 0.717) is 0 Å². The van der Waals surface area contributed by atoms with Gasteiger partial charge in [-0.3, -0.25) is 4.79 Å². The van der Waals surface area contributed by atoms with Crippen LogP contribution in [0.2, 0.25) is 0 Å². The second-order valence-corrected chi connectivity index (χ2v) is 7.49. The predicted octanol–water partition coefficient (Wildman–Crippen LogP) is 4.23. The van der Waals surface area contributed by atoms with E-state index in [1.54, 1.807) is 6.29 Å². The molecule has 0 heterocycles. The third-order valence-electron chi connectivity index (χ3n) is 1.12. The van der Waals surface area contributed by atoms with E-state index in [-0.39, 0.29) is 12.8 Å². The van der Waals surface area contributed by atoms with E-state index in [0.717, 1.165) is 0 Å². The maximum Gasteiger partial charge on any atom is 0.202 e. The molecule has 0 saturated carbocycles. The van der Waals surface area contributed by atoms with Crippen molar-refractivity contribution in [2.24, 2.45) is 5.92 Å². The van der Waals surface area contributed by atoms with E-state index in [1.165, 1.54) is 0 Å². The molecule has 0 unspecified atom stereocenters. The van der Waals surface area contributed by atoms with Crippen LogP contribution in [0.15, 0.2) is 0 Å². The fourth-order valence-electron chi connectivity index (χ4n) is 0.714. The Morgan fingerprint density at radius 2 is 1.23 bits per heavy atom. The Hall–Kier alpha value is 1.41. The summed E-state index contributed by atoms with van der Waals surface area (Å²) in [5.74, 6) is -0.694. The van der Waals surface area contributed by atoms with Crippen LogP contribution in [0.1, 0.15) is 12.8 Å². The highest BCUT2D eigenvalue weighted by Gasteiger charge is 2.31. The van der Waals surface area contributed by atoms with Gasteiger partial charge in [-0.15, -0.1) is 0 Å². The fourth-order valence-corrected chi connectivity index (χ4v) is 1.83. The molecule has 1 nitrogen and oxygen atoms in total. The highest BCUT2D eigenvalue weighted by atomic mass is 35.6. The van der Waals surface area contributed by atoms with E-state index in [1.807, 2.05) is 0 Å². The lowest BCUT2D eigenvalue weighted by Gasteiger charge is -2.19. The Morgan fingerprint density at radius 1 is 0.923 bits per heavy atom. The molecule has 0 rings (SSSR count). The van der Waals surface area contributed by atoms with E-state index < -0.39 is 13.5 Å². The predicted molar refractivity (Wildman–Crippen MR) is 59.0 cm³/mol. The molecule has 0 aliphatic rings. The number of hydrogen-bond acceptors (Lipinski definition) is 1. The molecular weight excluding hydrogens is 301 g/mol. The van der Waals surface area contributed by atoms with Crippen molar-refractivity contribution >= 4 is 75.9 Å². The van der Waals surface area contributed by atoms with Gasteiger partial charge in [-0.1, -0.05) is 69.6 Å². The number of rotatable bonds is 3. The van der Waals surface area contributed by atoms with Gasteiger partial charge in [0.05, 0.1) is 0 Å². The summed E-state index contributed by atoms with van der Waals surface area (Å²) >= 11 is 32.7. The second kappa shape index (κ2) is 5.48. The molecule has 0 aliphatic heterocycles. The lowest BCUT2D eigenvalue weighted by atomic mass is 10.1. The number of halogens is 6. The molecule has 0 fully saturated rings. The first kappa shape index (κ1) is 14.4. The van der Waals surface area contributed by atoms with Crippen LogP contribution in [0.5, 0.6) is 0 Å². The zero-order chi connectivity index (χ0) is 10.7. The quantitative estimate of drug-likeness (QED) is 0.713. The fraction of sp³-hybridized carbons (Fsp3) is 0.833. The topological polar surface area (TPSA) is 17.1 Å². The summed E-state index contributed by atoms with van der Waals surface area (Å²) in [6, 6.07) is 0. The zero-order valence-corrected chi connectivity index (χ0v) is 10.7. The van der Waals surface area contributed by atoms with Crippen LogP contribution in [0, 0.1) is 5.92 Å². The van der Waals surface area contributed by atoms with Gasteiger partial charge in [0.2, 0.25) is 6.29 Å². The lowest BCUT2D eigenvalue weighted by molar-refractivity contribution is 0.495. The average molecular weight is 306 g/mol. The smallest absolute Gasteiger partial charge is 0.202 e. The van der Waals surface area contributed by atoms with Crippen molar-refractivity contribution in [1.29, 1.82) is 0 Å². The average Bonchev–Trinajstić information content (AvgIpc) is 1.79. The third-order valence-corrected chi connectivity index (χ3v) is 2.05. The molecule has 1 radical (unpaired) electrons. The Balaban J connectivity index is 4.13. The molecule has 0 atom stereocenters. The van der Waals surface area contributed by atoms with E-state index in [9.17, 15) is 4.79 Å². The van der Waals surface area contributed by atoms with Crippen molar-refractivity contribution in [3.8, 4) is 0 Å². The molecule has 0 amide bonds. The van der Waals surface area contributed by atoms with E-state index in [4.69, 9.17) is 69.6 Å². The Labute approximate surface area is 107 Å². The van der Waals surface area contributed by atoms with Crippen LogP contribution < -0.4 is 0 Å². The summed E-state index contributed by atoms with van der Waals surface area (Å²) in [5.41, 5.74) is 0. The minimum absolute atomic E-state index is 0.0188. The van der Waals surface area contributed by atoms with Crippen LogP contribution in [0.4, 0.5) is 0 Å². The van der Waals surface area contributed by atoms with Gasteiger partial charge in [-0.25, -0.2) is 0 Å². The molecule has 0 aromatic rings. The summed E-state index contributed by atoms with van der Waals surface area (Å²) in [6.07, 6.45) is 1.62. The third kappa shape index (κ3) is 9.71. The normalized spacial score (nSPS) is 13.5. The van der Waals surface area contributed by atoms with Crippen molar-refractivity contribution in [3.05, 3.63) is 0 Å². The van der Waals surface area contributed by atoms with Gasteiger partial charge in [0, 0.05) is 18.8 Å². The molecule has 0 spiro atoms. The van der Waals surface area contributed by atoms with E-state index in [2.05, 4.69) is 0 Å². The van der Waals surface area contributed by atoms with Crippen LogP contribution in [-0.2, 0) is 4.79 Å². The zero-order valence-electron chi connectivity index (χ0n) is 6.17. The van der Waals surface area contributed by atoms with Crippen molar-refractivity contribution in [2.45, 2.75) is 20.4 Å². The summed E-state index contributed by atoms with van der Waals surface area (Å²) in [7, 11) is 0. The van der Waals surface area contributed by atoms with Crippen LogP contribution in [0.3, 0.4) is 0 Å². The number of hydrogen-bond donors (Lipinski definition) is 0. The summed E-state index contributed by atoms with van der Waals surface area (Å²) in [5, 5.41) is 0. The van der Waals surface area contributed by atoms with Crippen molar-refractivity contribution in [1.82, 2.24) is 0 Å². The standard InChI is InChI=1S/C6H5Cl6O/c7-5(8,9)1-4(3-13)2-6(10,11)12/h4H,1-2H2. The molecule has 0 saturated heterocycles. The van der Waals surface area contributed by atoms with Gasteiger partial charge >= 0.3 is 0 Å².